The Bertz CT molecular complexity index is 1280. The van der Waals surface area contributed by atoms with Gasteiger partial charge in [-0.2, -0.15) is 4.31 Å². The molecule has 0 bridgehead atoms. The van der Waals surface area contributed by atoms with Crippen molar-refractivity contribution in [2.75, 3.05) is 38.7 Å². The standard InChI is InChI=1S/C21H21N3O6S/c1-29-15-4-7-19-17(12-15)20(25)18(13-22-19)21(26)23-14-2-5-16(6-3-14)31(27,28)24-8-10-30-11-9-24/h2-7,12-13H,8-11H2,1H3,(H,22,25)(H,23,26). The molecule has 4 rings (SSSR count). The Morgan fingerprint density at radius 3 is 2.52 bits per heavy atom. The van der Waals surface area contributed by atoms with Crippen LogP contribution in [-0.2, 0) is 14.8 Å². The zero-order valence-electron chi connectivity index (χ0n) is 16.8. The van der Waals surface area contributed by atoms with Crippen LogP contribution in [0.4, 0.5) is 5.69 Å². The maximum Gasteiger partial charge on any atom is 0.261 e. The summed E-state index contributed by atoms with van der Waals surface area (Å²) in [6, 6.07) is 10.8. The normalized spacial score (nSPS) is 15.0. The molecule has 2 N–H and O–H groups in total. The van der Waals surface area contributed by atoms with E-state index in [4.69, 9.17) is 9.47 Å². The fourth-order valence-electron chi connectivity index (χ4n) is 3.34. The highest BCUT2D eigenvalue weighted by atomic mass is 32.2. The molecule has 1 aliphatic heterocycles. The van der Waals surface area contributed by atoms with Gasteiger partial charge in [-0.25, -0.2) is 8.42 Å². The summed E-state index contributed by atoms with van der Waals surface area (Å²) >= 11 is 0. The highest BCUT2D eigenvalue weighted by Gasteiger charge is 2.26. The number of carbonyl (C=O) groups excluding carboxylic acids is 1. The number of aromatic nitrogens is 1. The number of benzene rings is 2. The summed E-state index contributed by atoms with van der Waals surface area (Å²) in [5.74, 6) is -0.0950. The highest BCUT2D eigenvalue weighted by molar-refractivity contribution is 7.89. The van der Waals surface area contributed by atoms with Gasteiger partial charge in [0.1, 0.15) is 11.3 Å². The summed E-state index contributed by atoms with van der Waals surface area (Å²) in [5, 5.41) is 2.96. The molecule has 9 nitrogen and oxygen atoms in total. The number of methoxy groups -OCH3 is 1. The lowest BCUT2D eigenvalue weighted by Gasteiger charge is -2.26. The van der Waals surface area contributed by atoms with Crippen molar-refractivity contribution in [3.8, 4) is 5.75 Å². The fourth-order valence-corrected chi connectivity index (χ4v) is 4.75. The summed E-state index contributed by atoms with van der Waals surface area (Å²) in [6.07, 6.45) is 1.35. The Labute approximate surface area is 178 Å². The van der Waals surface area contributed by atoms with Crippen LogP contribution < -0.4 is 15.5 Å². The number of ether oxygens (including phenoxy) is 2. The van der Waals surface area contributed by atoms with Crippen molar-refractivity contribution in [2.45, 2.75) is 4.90 Å². The summed E-state index contributed by atoms with van der Waals surface area (Å²) in [7, 11) is -2.13. The second-order valence-corrected chi connectivity index (χ2v) is 8.88. The smallest absolute Gasteiger partial charge is 0.261 e. The third kappa shape index (κ3) is 4.18. The first kappa shape index (κ1) is 21.0. The molecule has 1 aromatic heterocycles. The predicted molar refractivity (Wildman–Crippen MR) is 115 cm³/mol. The van der Waals surface area contributed by atoms with Gasteiger partial charge in [0, 0.05) is 35.9 Å². The Kier molecular flexibility index (Phi) is 5.77. The van der Waals surface area contributed by atoms with E-state index in [0.717, 1.165) is 0 Å². The summed E-state index contributed by atoms with van der Waals surface area (Å²) in [6.45, 7) is 1.33. The molecule has 31 heavy (non-hydrogen) atoms. The van der Waals surface area contributed by atoms with Crippen molar-refractivity contribution in [1.29, 1.82) is 0 Å². The second kappa shape index (κ2) is 8.50. The van der Waals surface area contributed by atoms with Gasteiger partial charge in [-0.05, 0) is 42.5 Å². The number of rotatable bonds is 5. The van der Waals surface area contributed by atoms with E-state index in [1.165, 1.54) is 41.9 Å². The molecule has 1 aliphatic rings. The molecule has 0 radical (unpaired) electrons. The minimum Gasteiger partial charge on any atom is -0.497 e. The van der Waals surface area contributed by atoms with Crippen LogP contribution in [0.3, 0.4) is 0 Å². The van der Waals surface area contributed by atoms with Crippen LogP contribution in [0.1, 0.15) is 10.4 Å². The maximum atomic E-state index is 12.8. The lowest BCUT2D eigenvalue weighted by molar-refractivity contribution is 0.0730. The number of anilines is 1. The number of aromatic amines is 1. The van der Waals surface area contributed by atoms with Gasteiger partial charge in [0.15, 0.2) is 0 Å². The fraction of sp³-hybridized carbons (Fsp3) is 0.238. The number of morpholine rings is 1. The summed E-state index contributed by atoms with van der Waals surface area (Å²) in [4.78, 5) is 28.5. The van der Waals surface area contributed by atoms with Crippen LogP contribution in [-0.4, -0.2) is 57.0 Å². The number of hydrogen-bond acceptors (Lipinski definition) is 6. The molecule has 10 heteroatoms. The van der Waals surface area contributed by atoms with Gasteiger partial charge in [0.25, 0.3) is 5.91 Å². The Balaban J connectivity index is 1.55. The minimum atomic E-state index is -3.62. The molecule has 0 unspecified atom stereocenters. The first-order valence-electron chi connectivity index (χ1n) is 9.59. The molecule has 1 fully saturated rings. The monoisotopic (exact) mass is 443 g/mol. The van der Waals surface area contributed by atoms with Crippen molar-refractivity contribution in [2.24, 2.45) is 0 Å². The third-order valence-corrected chi connectivity index (χ3v) is 6.97. The number of H-pyrrole nitrogens is 1. The largest absolute Gasteiger partial charge is 0.497 e. The van der Waals surface area contributed by atoms with Crippen molar-refractivity contribution in [1.82, 2.24) is 9.29 Å². The van der Waals surface area contributed by atoms with E-state index in [0.29, 0.717) is 48.6 Å². The molecule has 1 amide bonds. The second-order valence-electron chi connectivity index (χ2n) is 6.94. The lowest BCUT2D eigenvalue weighted by Crippen LogP contribution is -2.40. The van der Waals surface area contributed by atoms with Gasteiger partial charge in [0.2, 0.25) is 15.5 Å². The molecule has 0 atom stereocenters. The van der Waals surface area contributed by atoms with Crippen LogP contribution in [0.2, 0.25) is 0 Å². The molecule has 3 aromatic rings. The van der Waals surface area contributed by atoms with Gasteiger partial charge < -0.3 is 19.8 Å². The average molecular weight is 443 g/mol. The van der Waals surface area contributed by atoms with Crippen molar-refractivity contribution >= 4 is 32.5 Å². The van der Waals surface area contributed by atoms with Crippen molar-refractivity contribution in [3.05, 3.63) is 64.4 Å². The number of amides is 1. The maximum absolute atomic E-state index is 12.8. The van der Waals surface area contributed by atoms with Crippen molar-refractivity contribution < 1.29 is 22.7 Å². The van der Waals surface area contributed by atoms with Crippen LogP contribution in [0.15, 0.2) is 58.4 Å². The van der Waals surface area contributed by atoms with Crippen LogP contribution >= 0.6 is 0 Å². The summed E-state index contributed by atoms with van der Waals surface area (Å²) in [5.41, 5.74) is 0.457. The van der Waals surface area contributed by atoms with E-state index < -0.39 is 21.4 Å². The molecule has 2 aromatic carbocycles. The van der Waals surface area contributed by atoms with Crippen LogP contribution in [0.5, 0.6) is 5.75 Å². The molecule has 0 spiro atoms. The number of nitrogens with one attached hydrogen (secondary N) is 2. The SMILES string of the molecule is COc1ccc2[nH]cc(C(=O)Nc3ccc(S(=O)(=O)N4CCOCC4)cc3)c(=O)c2c1. The quantitative estimate of drug-likeness (QED) is 0.621. The number of fused-ring (bicyclic) bond motifs is 1. The molecule has 2 heterocycles. The van der Waals surface area contributed by atoms with E-state index in [9.17, 15) is 18.0 Å². The topological polar surface area (TPSA) is 118 Å². The molecule has 0 saturated carbocycles. The first-order chi connectivity index (χ1) is 14.9. The Morgan fingerprint density at radius 1 is 1.13 bits per heavy atom. The highest BCUT2D eigenvalue weighted by Crippen LogP contribution is 2.20. The van der Waals surface area contributed by atoms with Crippen LogP contribution in [0.25, 0.3) is 10.9 Å². The molecule has 0 aliphatic carbocycles. The first-order valence-corrected chi connectivity index (χ1v) is 11.0. The zero-order chi connectivity index (χ0) is 22.0. The molecule has 1 saturated heterocycles. The van der Waals surface area contributed by atoms with Crippen LogP contribution in [0, 0.1) is 0 Å². The number of nitrogens with zero attached hydrogens (tertiary/aromatic N) is 1. The average Bonchev–Trinajstić information content (AvgIpc) is 2.80. The van der Waals surface area contributed by atoms with Crippen molar-refractivity contribution in [3.63, 3.8) is 0 Å². The van der Waals surface area contributed by atoms with Gasteiger partial charge in [0.05, 0.1) is 25.2 Å². The van der Waals surface area contributed by atoms with E-state index in [1.807, 2.05) is 0 Å². The Morgan fingerprint density at radius 2 is 1.84 bits per heavy atom. The Hall–Kier alpha value is -3.21. The zero-order valence-corrected chi connectivity index (χ0v) is 17.6. The number of carbonyl (C=O) groups is 1. The number of pyridine rings is 1. The van der Waals surface area contributed by atoms with Gasteiger partial charge >= 0.3 is 0 Å². The predicted octanol–water partition coefficient (Wildman–Crippen LogP) is 1.81. The van der Waals surface area contributed by atoms with E-state index >= 15 is 0 Å². The summed E-state index contributed by atoms with van der Waals surface area (Å²) < 4.78 is 37.1. The molecular weight excluding hydrogens is 422 g/mol. The number of sulfonamides is 1. The minimum absolute atomic E-state index is 0.0641. The van der Waals surface area contributed by atoms with Gasteiger partial charge in [-0.3, -0.25) is 9.59 Å². The van der Waals surface area contributed by atoms with E-state index in [-0.39, 0.29) is 10.5 Å². The van der Waals surface area contributed by atoms with Gasteiger partial charge in [-0.1, -0.05) is 0 Å². The van der Waals surface area contributed by atoms with E-state index in [2.05, 4.69) is 10.3 Å². The molecule has 162 valence electrons. The lowest BCUT2D eigenvalue weighted by atomic mass is 10.1. The third-order valence-electron chi connectivity index (χ3n) is 5.05. The van der Waals surface area contributed by atoms with E-state index in [1.54, 1.807) is 18.2 Å². The molecular formula is C21H21N3O6S. The van der Waals surface area contributed by atoms with Gasteiger partial charge in [-0.15, -0.1) is 0 Å². The number of hydrogen-bond donors (Lipinski definition) is 2.